The summed E-state index contributed by atoms with van der Waals surface area (Å²) < 4.78 is 0. The number of aryl methyl sites for hydroxylation is 1. The van der Waals surface area contributed by atoms with Crippen molar-refractivity contribution < 1.29 is 0 Å². The van der Waals surface area contributed by atoms with Crippen LogP contribution in [0.2, 0.25) is 0 Å². The van der Waals surface area contributed by atoms with E-state index in [0.29, 0.717) is 5.69 Å². The van der Waals surface area contributed by atoms with Gasteiger partial charge >= 0.3 is 0 Å². The Labute approximate surface area is 145 Å². The number of para-hydroxylation sites is 1. The third kappa shape index (κ3) is 4.40. The fourth-order valence-corrected chi connectivity index (χ4v) is 3.03. The minimum atomic E-state index is -0.226. The van der Waals surface area contributed by atoms with Gasteiger partial charge in [-0.3, -0.25) is 0 Å². The summed E-state index contributed by atoms with van der Waals surface area (Å²) in [4.78, 5) is 0.946. The number of rotatable bonds is 5. The van der Waals surface area contributed by atoms with Gasteiger partial charge in [-0.15, -0.1) is 11.8 Å². The third-order valence-corrected chi connectivity index (χ3v) is 4.35. The highest BCUT2D eigenvalue weighted by atomic mass is 32.2. The summed E-state index contributed by atoms with van der Waals surface area (Å²) in [7, 11) is 0. The van der Waals surface area contributed by atoms with Crippen molar-refractivity contribution in [1.82, 2.24) is 0 Å². The molecule has 0 aliphatic heterocycles. The Bertz CT molecular complexity index is 879. The van der Waals surface area contributed by atoms with Crippen molar-refractivity contribution in [2.45, 2.75) is 17.6 Å². The van der Waals surface area contributed by atoms with E-state index in [-0.39, 0.29) is 11.3 Å². The molecular weight excluding hydrogens is 316 g/mol. The normalized spacial score (nSPS) is 9.25. The molecule has 0 aliphatic rings. The molecule has 2 aromatic carbocycles. The zero-order valence-corrected chi connectivity index (χ0v) is 13.9. The SMILES string of the molecule is Cc1cccc(CSc2ccccc2NC(C#N)=C(C#N)C#N)c1. The van der Waals surface area contributed by atoms with Gasteiger partial charge in [-0.05, 0) is 24.6 Å². The molecule has 0 atom stereocenters. The largest absolute Gasteiger partial charge is 0.344 e. The van der Waals surface area contributed by atoms with E-state index in [0.717, 1.165) is 10.6 Å². The topological polar surface area (TPSA) is 83.4 Å². The average Bonchev–Trinajstić information content (AvgIpc) is 2.61. The van der Waals surface area contributed by atoms with Crippen LogP contribution in [0.3, 0.4) is 0 Å². The molecular formula is C19H14N4S. The maximum atomic E-state index is 9.17. The maximum Gasteiger partial charge on any atom is 0.163 e. The molecule has 0 spiro atoms. The summed E-state index contributed by atoms with van der Waals surface area (Å²) in [5.41, 5.74) is 2.86. The fraction of sp³-hybridized carbons (Fsp3) is 0.105. The van der Waals surface area contributed by atoms with Gasteiger partial charge < -0.3 is 5.32 Å². The van der Waals surface area contributed by atoms with Gasteiger partial charge in [-0.2, -0.15) is 15.8 Å². The second-order valence-electron chi connectivity index (χ2n) is 4.98. The summed E-state index contributed by atoms with van der Waals surface area (Å²) in [5.74, 6) is 0.787. The lowest BCUT2D eigenvalue weighted by molar-refractivity contribution is 1.32. The molecule has 0 unspecified atom stereocenters. The molecule has 4 nitrogen and oxygen atoms in total. The first-order valence-corrected chi connectivity index (χ1v) is 8.15. The van der Waals surface area contributed by atoms with E-state index in [1.165, 1.54) is 11.1 Å². The Balaban J connectivity index is 2.22. The first-order chi connectivity index (χ1) is 11.7. The molecule has 0 saturated carbocycles. The summed E-state index contributed by atoms with van der Waals surface area (Å²) in [5, 5.41) is 29.9. The van der Waals surface area contributed by atoms with Gasteiger partial charge in [0.1, 0.15) is 23.9 Å². The van der Waals surface area contributed by atoms with E-state index in [9.17, 15) is 0 Å². The molecule has 2 rings (SSSR count). The molecule has 0 saturated heterocycles. The first kappa shape index (κ1) is 17.2. The van der Waals surface area contributed by atoms with E-state index in [1.54, 1.807) is 23.9 Å². The van der Waals surface area contributed by atoms with E-state index < -0.39 is 0 Å². The maximum absolute atomic E-state index is 9.17. The lowest BCUT2D eigenvalue weighted by Crippen LogP contribution is -2.01. The van der Waals surface area contributed by atoms with E-state index in [1.807, 2.05) is 36.4 Å². The van der Waals surface area contributed by atoms with Crippen molar-refractivity contribution in [2.75, 3.05) is 5.32 Å². The predicted octanol–water partition coefficient (Wildman–Crippen LogP) is 4.52. The molecule has 0 heterocycles. The highest BCUT2D eigenvalue weighted by Crippen LogP contribution is 2.31. The highest BCUT2D eigenvalue weighted by molar-refractivity contribution is 7.98. The minimum Gasteiger partial charge on any atom is -0.344 e. The number of nitriles is 3. The highest BCUT2D eigenvalue weighted by Gasteiger charge is 2.09. The van der Waals surface area contributed by atoms with Gasteiger partial charge in [0.15, 0.2) is 5.57 Å². The Kier molecular flexibility index (Phi) is 6.03. The van der Waals surface area contributed by atoms with Gasteiger partial charge in [0.2, 0.25) is 0 Å². The molecule has 0 amide bonds. The molecule has 2 aromatic rings. The number of allylic oxidation sites excluding steroid dienone is 2. The molecule has 116 valence electrons. The van der Waals surface area contributed by atoms with Crippen molar-refractivity contribution in [3.8, 4) is 18.2 Å². The van der Waals surface area contributed by atoms with Crippen LogP contribution in [0.1, 0.15) is 11.1 Å². The molecule has 24 heavy (non-hydrogen) atoms. The van der Waals surface area contributed by atoms with Crippen LogP contribution in [0, 0.1) is 40.9 Å². The molecule has 5 heteroatoms. The number of nitrogens with zero attached hydrogens (tertiary/aromatic N) is 3. The van der Waals surface area contributed by atoms with Crippen LogP contribution in [-0.4, -0.2) is 0 Å². The monoisotopic (exact) mass is 330 g/mol. The lowest BCUT2D eigenvalue weighted by Gasteiger charge is -2.11. The number of nitrogens with one attached hydrogen (secondary N) is 1. The second-order valence-corrected chi connectivity index (χ2v) is 6.00. The Morgan fingerprint density at radius 2 is 1.75 bits per heavy atom. The molecule has 0 aliphatic carbocycles. The zero-order valence-electron chi connectivity index (χ0n) is 13.1. The van der Waals surface area contributed by atoms with Crippen molar-refractivity contribution in [3.63, 3.8) is 0 Å². The van der Waals surface area contributed by atoms with E-state index in [4.69, 9.17) is 15.8 Å². The Morgan fingerprint density at radius 1 is 1.00 bits per heavy atom. The van der Waals surface area contributed by atoms with Gasteiger partial charge in [0.05, 0.1) is 5.69 Å². The number of hydrogen-bond donors (Lipinski definition) is 1. The van der Waals surface area contributed by atoms with Crippen LogP contribution in [0.15, 0.2) is 64.7 Å². The molecule has 0 fully saturated rings. The predicted molar refractivity (Wildman–Crippen MR) is 94.7 cm³/mol. The zero-order chi connectivity index (χ0) is 17.4. The summed E-state index contributed by atoms with van der Waals surface area (Å²) in [6, 6.07) is 21.1. The Morgan fingerprint density at radius 3 is 2.42 bits per heavy atom. The Hall–Kier alpha value is -3.20. The van der Waals surface area contributed by atoms with Gasteiger partial charge in [0, 0.05) is 10.6 Å². The van der Waals surface area contributed by atoms with Crippen LogP contribution < -0.4 is 5.32 Å². The van der Waals surface area contributed by atoms with Crippen LogP contribution in [-0.2, 0) is 5.75 Å². The smallest absolute Gasteiger partial charge is 0.163 e. The standard InChI is InChI=1S/C19H14N4S/c1-14-5-4-6-15(9-14)13-24-19-8-3-2-7-17(19)23-18(12-22)16(10-20)11-21/h2-9,23H,13H2,1H3. The summed E-state index contributed by atoms with van der Waals surface area (Å²) in [6.45, 7) is 2.05. The molecule has 0 bridgehead atoms. The van der Waals surface area contributed by atoms with E-state index >= 15 is 0 Å². The van der Waals surface area contributed by atoms with E-state index in [2.05, 4.69) is 30.4 Å². The quantitative estimate of drug-likeness (QED) is 0.643. The first-order valence-electron chi connectivity index (χ1n) is 7.17. The van der Waals surface area contributed by atoms with Crippen molar-refractivity contribution in [2.24, 2.45) is 0 Å². The van der Waals surface area contributed by atoms with Crippen LogP contribution in [0.5, 0.6) is 0 Å². The number of anilines is 1. The number of benzene rings is 2. The van der Waals surface area contributed by atoms with Gasteiger partial charge in [-0.25, -0.2) is 0 Å². The summed E-state index contributed by atoms with van der Waals surface area (Å²) >= 11 is 1.63. The fourth-order valence-electron chi connectivity index (χ4n) is 2.08. The van der Waals surface area contributed by atoms with Gasteiger partial charge in [-0.1, -0.05) is 42.0 Å². The van der Waals surface area contributed by atoms with Crippen LogP contribution in [0.4, 0.5) is 5.69 Å². The minimum absolute atomic E-state index is 0.0383. The number of hydrogen-bond acceptors (Lipinski definition) is 5. The lowest BCUT2D eigenvalue weighted by atomic mass is 10.2. The molecule has 0 aromatic heterocycles. The van der Waals surface area contributed by atoms with Crippen LogP contribution in [0.25, 0.3) is 0 Å². The average molecular weight is 330 g/mol. The van der Waals surface area contributed by atoms with Gasteiger partial charge in [0.25, 0.3) is 0 Å². The third-order valence-electron chi connectivity index (χ3n) is 3.21. The van der Waals surface area contributed by atoms with Crippen LogP contribution >= 0.6 is 11.8 Å². The molecule has 1 N–H and O–H groups in total. The number of thioether (sulfide) groups is 1. The summed E-state index contributed by atoms with van der Waals surface area (Å²) in [6.07, 6.45) is 0. The second kappa shape index (κ2) is 8.44. The van der Waals surface area contributed by atoms with Crippen molar-refractivity contribution in [3.05, 3.63) is 70.9 Å². The van der Waals surface area contributed by atoms with Crippen molar-refractivity contribution >= 4 is 17.4 Å². The molecule has 0 radical (unpaired) electrons. The van der Waals surface area contributed by atoms with Crippen molar-refractivity contribution in [1.29, 1.82) is 15.8 Å².